The first-order chi connectivity index (χ1) is 16.2. The van der Waals surface area contributed by atoms with Gasteiger partial charge in [-0.1, -0.05) is 83.5 Å². The van der Waals surface area contributed by atoms with Gasteiger partial charge in [0.25, 0.3) is 5.91 Å². The predicted octanol–water partition coefficient (Wildman–Crippen LogP) is 6.81. The molecule has 0 saturated heterocycles. The van der Waals surface area contributed by atoms with Crippen LogP contribution in [-0.4, -0.2) is 33.3 Å². The highest BCUT2D eigenvalue weighted by molar-refractivity contribution is 6.08. The van der Waals surface area contributed by atoms with Gasteiger partial charge in [-0.05, 0) is 53.9 Å². The fourth-order valence-electron chi connectivity index (χ4n) is 5.01. The summed E-state index contributed by atoms with van der Waals surface area (Å²) in [6.07, 6.45) is 4.40. The van der Waals surface area contributed by atoms with E-state index in [1.54, 1.807) is 12.1 Å². The number of aliphatic imine (C=N–C) groups is 1. The van der Waals surface area contributed by atoms with Gasteiger partial charge in [0.15, 0.2) is 0 Å². The molecular formula is C29H38N2O3. The number of carbonyl (C=O) groups excluding carboxylic acids is 1. The van der Waals surface area contributed by atoms with Crippen LogP contribution in [0.3, 0.4) is 0 Å². The highest BCUT2D eigenvalue weighted by atomic mass is 16.4. The van der Waals surface area contributed by atoms with Gasteiger partial charge >= 0.3 is 5.97 Å². The van der Waals surface area contributed by atoms with Crippen molar-refractivity contribution in [2.45, 2.75) is 78.8 Å². The van der Waals surface area contributed by atoms with Crippen LogP contribution in [0.2, 0.25) is 0 Å². The van der Waals surface area contributed by atoms with Crippen molar-refractivity contribution in [3.63, 3.8) is 0 Å². The summed E-state index contributed by atoms with van der Waals surface area (Å²) in [6, 6.07) is 14.9. The Morgan fingerprint density at radius 3 is 2.18 bits per heavy atom. The lowest BCUT2D eigenvalue weighted by Gasteiger charge is -2.29. The van der Waals surface area contributed by atoms with Crippen molar-refractivity contribution < 1.29 is 14.7 Å². The van der Waals surface area contributed by atoms with Crippen molar-refractivity contribution in [3.8, 4) is 11.1 Å². The van der Waals surface area contributed by atoms with Gasteiger partial charge in [-0.2, -0.15) is 0 Å². The molecule has 0 bridgehead atoms. The molecule has 0 radical (unpaired) electrons. The molecule has 0 spiro atoms. The van der Waals surface area contributed by atoms with Gasteiger partial charge in [-0.25, -0.2) is 4.79 Å². The molecule has 1 heterocycles. The minimum Gasteiger partial charge on any atom is -0.478 e. The molecule has 34 heavy (non-hydrogen) atoms. The Labute approximate surface area is 203 Å². The minimum atomic E-state index is -0.939. The molecule has 5 nitrogen and oxygen atoms in total. The molecule has 5 heteroatoms. The summed E-state index contributed by atoms with van der Waals surface area (Å²) in [7, 11) is 0. The first kappa shape index (κ1) is 25.7. The number of nitrogens with zero attached hydrogens (tertiary/aromatic N) is 2. The topological polar surface area (TPSA) is 70.0 Å². The first-order valence-electron chi connectivity index (χ1n) is 12.5. The number of rotatable bonds is 11. The molecular weight excluding hydrogens is 424 g/mol. The van der Waals surface area contributed by atoms with Gasteiger partial charge in [0.05, 0.1) is 12.1 Å². The number of carboxylic acid groups (broad SMARTS) is 1. The predicted molar refractivity (Wildman–Crippen MR) is 138 cm³/mol. The zero-order chi connectivity index (χ0) is 24.9. The Bertz CT molecular complexity index is 1030. The van der Waals surface area contributed by atoms with E-state index in [4.69, 9.17) is 4.99 Å². The number of unbranched alkanes of at least 4 members (excludes halogenated alkanes) is 1. The number of benzene rings is 2. The molecule has 0 fully saturated rings. The number of carboxylic acids is 1. The minimum absolute atomic E-state index is 0.126. The number of amidine groups is 1. The molecule has 0 atom stereocenters. The molecule has 0 unspecified atom stereocenters. The van der Waals surface area contributed by atoms with Crippen LogP contribution in [0, 0.1) is 11.8 Å². The Balaban J connectivity index is 1.89. The van der Waals surface area contributed by atoms with Gasteiger partial charge < -0.3 is 5.11 Å². The molecule has 0 aliphatic carbocycles. The van der Waals surface area contributed by atoms with E-state index in [-0.39, 0.29) is 11.5 Å². The molecule has 1 N–H and O–H groups in total. The van der Waals surface area contributed by atoms with Gasteiger partial charge in [0.2, 0.25) is 0 Å². The summed E-state index contributed by atoms with van der Waals surface area (Å²) in [5, 5.41) is 9.52. The number of hydrogen-bond donors (Lipinski definition) is 1. The van der Waals surface area contributed by atoms with Crippen LogP contribution in [0.15, 0.2) is 53.5 Å². The van der Waals surface area contributed by atoms with E-state index in [0.717, 1.165) is 49.1 Å². The molecule has 0 saturated carbocycles. The van der Waals surface area contributed by atoms with E-state index >= 15 is 0 Å². The maximum absolute atomic E-state index is 13.8. The van der Waals surface area contributed by atoms with Gasteiger partial charge in [0.1, 0.15) is 11.4 Å². The summed E-state index contributed by atoms with van der Waals surface area (Å²) in [5.74, 6) is 0.861. The highest BCUT2D eigenvalue weighted by Gasteiger charge is 2.48. The van der Waals surface area contributed by atoms with Crippen molar-refractivity contribution in [1.29, 1.82) is 0 Å². The van der Waals surface area contributed by atoms with Crippen molar-refractivity contribution in [3.05, 3.63) is 59.7 Å². The van der Waals surface area contributed by atoms with E-state index < -0.39 is 11.5 Å². The Morgan fingerprint density at radius 1 is 1.00 bits per heavy atom. The van der Waals surface area contributed by atoms with Crippen LogP contribution in [0.5, 0.6) is 0 Å². The van der Waals surface area contributed by atoms with Crippen LogP contribution >= 0.6 is 0 Å². The van der Waals surface area contributed by atoms with E-state index in [2.05, 4.69) is 34.6 Å². The fraction of sp³-hybridized carbons (Fsp3) is 0.483. The summed E-state index contributed by atoms with van der Waals surface area (Å²) in [6.45, 7) is 11.3. The van der Waals surface area contributed by atoms with Gasteiger partial charge in [0, 0.05) is 6.42 Å². The van der Waals surface area contributed by atoms with Crippen LogP contribution in [0.1, 0.15) is 82.6 Å². The third-order valence-electron chi connectivity index (χ3n) is 6.31. The van der Waals surface area contributed by atoms with E-state index in [1.807, 2.05) is 41.3 Å². The normalized spacial score (nSPS) is 15.3. The summed E-state index contributed by atoms with van der Waals surface area (Å²) >= 11 is 0. The second-order valence-corrected chi connectivity index (χ2v) is 10.3. The third kappa shape index (κ3) is 5.75. The second-order valence-electron chi connectivity index (χ2n) is 10.3. The van der Waals surface area contributed by atoms with Crippen molar-refractivity contribution in [2.24, 2.45) is 16.8 Å². The molecule has 3 rings (SSSR count). The molecule has 182 valence electrons. The monoisotopic (exact) mass is 462 g/mol. The number of carbonyl (C=O) groups is 2. The van der Waals surface area contributed by atoms with Crippen LogP contribution in [-0.2, 0) is 11.3 Å². The Kier molecular flexibility index (Phi) is 8.29. The standard InChI is InChI=1S/C29H38N2O3/c1-6-7-12-26-30-29(17-20(2)3,18-21(4)5)28(34)31(26)19-22-13-15-23(16-14-22)24-10-8-9-11-25(24)27(32)33/h8-11,13-16,20-21H,6-7,12,17-19H2,1-5H3,(H,32,33). The lowest BCUT2D eigenvalue weighted by molar-refractivity contribution is -0.132. The fourth-order valence-corrected chi connectivity index (χ4v) is 5.01. The zero-order valence-electron chi connectivity index (χ0n) is 21.2. The molecule has 0 aromatic heterocycles. The van der Waals surface area contributed by atoms with E-state index in [0.29, 0.717) is 23.9 Å². The maximum Gasteiger partial charge on any atom is 0.336 e. The van der Waals surface area contributed by atoms with Crippen molar-refractivity contribution in [1.82, 2.24) is 4.90 Å². The van der Waals surface area contributed by atoms with E-state index in [9.17, 15) is 14.7 Å². The molecule has 1 aliphatic heterocycles. The highest BCUT2D eigenvalue weighted by Crippen LogP contribution is 2.37. The second kappa shape index (κ2) is 11.0. The number of hydrogen-bond acceptors (Lipinski definition) is 3. The largest absolute Gasteiger partial charge is 0.478 e. The molecule has 1 amide bonds. The summed E-state index contributed by atoms with van der Waals surface area (Å²) in [4.78, 5) is 32.5. The SMILES string of the molecule is CCCCC1=NC(CC(C)C)(CC(C)C)C(=O)N1Cc1ccc(-c2ccccc2C(=O)O)cc1. The molecule has 1 aliphatic rings. The Hall–Kier alpha value is -2.95. The van der Waals surface area contributed by atoms with Crippen LogP contribution in [0.25, 0.3) is 11.1 Å². The zero-order valence-corrected chi connectivity index (χ0v) is 21.2. The number of amides is 1. The van der Waals surface area contributed by atoms with Crippen LogP contribution < -0.4 is 0 Å². The summed E-state index contributed by atoms with van der Waals surface area (Å²) in [5.41, 5.74) is 2.18. The van der Waals surface area contributed by atoms with Crippen molar-refractivity contribution >= 4 is 17.7 Å². The quantitative estimate of drug-likeness (QED) is 0.398. The lowest BCUT2D eigenvalue weighted by Crippen LogP contribution is -2.44. The summed E-state index contributed by atoms with van der Waals surface area (Å²) < 4.78 is 0. The van der Waals surface area contributed by atoms with Crippen LogP contribution in [0.4, 0.5) is 0 Å². The molecule has 2 aromatic carbocycles. The lowest BCUT2D eigenvalue weighted by atomic mass is 9.82. The maximum atomic E-state index is 13.8. The third-order valence-corrected chi connectivity index (χ3v) is 6.31. The first-order valence-corrected chi connectivity index (χ1v) is 12.5. The average Bonchev–Trinajstić information content (AvgIpc) is 3.02. The molecule has 2 aromatic rings. The van der Waals surface area contributed by atoms with Crippen molar-refractivity contribution in [2.75, 3.05) is 0 Å². The average molecular weight is 463 g/mol. The smallest absolute Gasteiger partial charge is 0.336 e. The van der Waals surface area contributed by atoms with Gasteiger partial charge in [-0.3, -0.25) is 14.7 Å². The van der Waals surface area contributed by atoms with E-state index in [1.165, 1.54) is 0 Å². The number of aromatic carboxylic acids is 1. The van der Waals surface area contributed by atoms with Gasteiger partial charge in [-0.15, -0.1) is 0 Å². The Morgan fingerprint density at radius 2 is 1.62 bits per heavy atom.